The number of anilines is 1. The number of hydrogen-bond acceptors (Lipinski definition) is 3. The molecule has 0 heterocycles. The van der Waals surface area contributed by atoms with Crippen LogP contribution in [0.3, 0.4) is 0 Å². The molecule has 1 aromatic carbocycles. The lowest BCUT2D eigenvalue weighted by atomic mass is 10.3. The number of amides is 2. The van der Waals surface area contributed by atoms with Crippen molar-refractivity contribution in [1.82, 2.24) is 5.32 Å². The molecule has 0 aromatic heterocycles. The van der Waals surface area contributed by atoms with E-state index in [-0.39, 0.29) is 11.8 Å². The Morgan fingerprint density at radius 2 is 2.06 bits per heavy atom. The van der Waals surface area contributed by atoms with Crippen molar-refractivity contribution in [2.75, 3.05) is 32.2 Å². The average molecular weight is 224 g/mol. The number of ether oxygens (including phenoxy) is 1. The molecule has 1 aromatic rings. The van der Waals surface area contributed by atoms with Gasteiger partial charge in [0.15, 0.2) is 0 Å². The molecule has 0 bridgehead atoms. The Labute approximate surface area is 94.6 Å². The lowest BCUT2D eigenvalue weighted by Crippen LogP contribution is -2.38. The Morgan fingerprint density at radius 3 is 2.62 bits per heavy atom. The zero-order valence-corrected chi connectivity index (χ0v) is 9.43. The zero-order chi connectivity index (χ0) is 12.0. The molecule has 0 aliphatic heterocycles. The normalized spacial score (nSPS) is 9.88. The second-order valence-electron chi connectivity index (χ2n) is 3.30. The van der Waals surface area contributed by atoms with Crippen LogP contribution in [-0.4, -0.2) is 38.4 Å². The van der Waals surface area contributed by atoms with E-state index in [0.29, 0.717) is 18.8 Å². The number of urea groups is 1. The molecule has 0 spiro atoms. The van der Waals surface area contributed by atoms with E-state index in [1.54, 1.807) is 26.3 Å². The SMILES string of the molecule is COCCNC(=O)N(C)c1ccc(O)cc1. The van der Waals surface area contributed by atoms with Crippen LogP contribution in [0.5, 0.6) is 5.75 Å². The Morgan fingerprint density at radius 1 is 1.44 bits per heavy atom. The summed E-state index contributed by atoms with van der Waals surface area (Å²) in [6.07, 6.45) is 0. The molecule has 5 nitrogen and oxygen atoms in total. The highest BCUT2D eigenvalue weighted by molar-refractivity contribution is 5.91. The van der Waals surface area contributed by atoms with Gasteiger partial charge in [0.25, 0.3) is 0 Å². The first-order valence-corrected chi connectivity index (χ1v) is 4.94. The first-order chi connectivity index (χ1) is 7.65. The number of nitrogens with zero attached hydrogens (tertiary/aromatic N) is 1. The minimum atomic E-state index is -0.206. The molecule has 0 saturated carbocycles. The van der Waals surface area contributed by atoms with Crippen molar-refractivity contribution in [1.29, 1.82) is 0 Å². The first-order valence-electron chi connectivity index (χ1n) is 4.94. The Kier molecular flexibility index (Phi) is 4.60. The van der Waals surface area contributed by atoms with Gasteiger partial charge in [0.2, 0.25) is 0 Å². The van der Waals surface area contributed by atoms with Crippen LogP contribution in [0, 0.1) is 0 Å². The number of phenols is 1. The van der Waals surface area contributed by atoms with Crippen molar-refractivity contribution >= 4 is 11.7 Å². The van der Waals surface area contributed by atoms with Crippen molar-refractivity contribution in [3.8, 4) is 5.75 Å². The number of nitrogens with one attached hydrogen (secondary N) is 1. The van der Waals surface area contributed by atoms with Crippen LogP contribution in [0.1, 0.15) is 0 Å². The second-order valence-corrected chi connectivity index (χ2v) is 3.30. The lowest BCUT2D eigenvalue weighted by molar-refractivity contribution is 0.197. The van der Waals surface area contributed by atoms with Gasteiger partial charge in [0.1, 0.15) is 5.75 Å². The van der Waals surface area contributed by atoms with Gasteiger partial charge in [-0.05, 0) is 24.3 Å². The molecule has 0 fully saturated rings. The van der Waals surface area contributed by atoms with E-state index in [4.69, 9.17) is 9.84 Å². The number of methoxy groups -OCH3 is 1. The highest BCUT2D eigenvalue weighted by atomic mass is 16.5. The maximum Gasteiger partial charge on any atom is 0.321 e. The van der Waals surface area contributed by atoms with Gasteiger partial charge in [-0.3, -0.25) is 4.90 Å². The highest BCUT2D eigenvalue weighted by Gasteiger charge is 2.09. The van der Waals surface area contributed by atoms with Crippen LogP contribution >= 0.6 is 0 Å². The maximum absolute atomic E-state index is 11.6. The molecule has 2 amide bonds. The second kappa shape index (κ2) is 5.97. The molecule has 0 unspecified atom stereocenters. The third-order valence-electron chi connectivity index (χ3n) is 2.12. The smallest absolute Gasteiger partial charge is 0.321 e. The van der Waals surface area contributed by atoms with Gasteiger partial charge in [-0.1, -0.05) is 0 Å². The summed E-state index contributed by atoms with van der Waals surface area (Å²) in [5.74, 6) is 0.178. The molecule has 0 aliphatic carbocycles. The Bertz CT molecular complexity index is 338. The molecular formula is C11H16N2O3. The van der Waals surface area contributed by atoms with Crippen molar-refractivity contribution in [2.24, 2.45) is 0 Å². The predicted octanol–water partition coefficient (Wildman–Crippen LogP) is 1.18. The van der Waals surface area contributed by atoms with Gasteiger partial charge in [0, 0.05) is 26.4 Å². The molecule has 1 rings (SSSR count). The van der Waals surface area contributed by atoms with Gasteiger partial charge in [-0.2, -0.15) is 0 Å². The van der Waals surface area contributed by atoms with Gasteiger partial charge < -0.3 is 15.2 Å². The van der Waals surface area contributed by atoms with Crippen molar-refractivity contribution < 1.29 is 14.6 Å². The standard InChI is InChI=1S/C11H16N2O3/c1-13(11(15)12-7-8-16-2)9-3-5-10(14)6-4-9/h3-6,14H,7-8H2,1-2H3,(H,12,15). The fraction of sp³-hybridized carbons (Fsp3) is 0.364. The van der Waals surface area contributed by atoms with E-state index in [0.717, 1.165) is 0 Å². The van der Waals surface area contributed by atoms with Crippen LogP contribution in [0.25, 0.3) is 0 Å². The largest absolute Gasteiger partial charge is 0.508 e. The van der Waals surface area contributed by atoms with Crippen molar-refractivity contribution in [2.45, 2.75) is 0 Å². The monoisotopic (exact) mass is 224 g/mol. The Hall–Kier alpha value is -1.75. The lowest BCUT2D eigenvalue weighted by Gasteiger charge is -2.17. The summed E-state index contributed by atoms with van der Waals surface area (Å²) in [5.41, 5.74) is 0.715. The molecule has 5 heteroatoms. The maximum atomic E-state index is 11.6. The van der Waals surface area contributed by atoms with E-state index in [1.807, 2.05) is 0 Å². The summed E-state index contributed by atoms with van der Waals surface area (Å²) in [4.78, 5) is 13.1. The summed E-state index contributed by atoms with van der Waals surface area (Å²) in [6.45, 7) is 0.951. The highest BCUT2D eigenvalue weighted by Crippen LogP contribution is 2.16. The van der Waals surface area contributed by atoms with Crippen LogP contribution in [0.4, 0.5) is 10.5 Å². The van der Waals surface area contributed by atoms with Crippen LogP contribution < -0.4 is 10.2 Å². The molecule has 88 valence electrons. The zero-order valence-electron chi connectivity index (χ0n) is 9.43. The fourth-order valence-corrected chi connectivity index (χ4v) is 1.17. The number of phenolic OH excluding ortho intramolecular Hbond substituents is 1. The predicted molar refractivity (Wildman–Crippen MR) is 61.8 cm³/mol. The van der Waals surface area contributed by atoms with Crippen LogP contribution in [0.2, 0.25) is 0 Å². The number of carbonyl (C=O) groups excluding carboxylic acids is 1. The number of aromatic hydroxyl groups is 1. The average Bonchev–Trinajstić information content (AvgIpc) is 2.29. The summed E-state index contributed by atoms with van der Waals surface area (Å²) in [7, 11) is 3.24. The number of hydrogen-bond donors (Lipinski definition) is 2. The van der Waals surface area contributed by atoms with Gasteiger partial charge in [-0.15, -0.1) is 0 Å². The van der Waals surface area contributed by atoms with Gasteiger partial charge >= 0.3 is 6.03 Å². The molecule has 16 heavy (non-hydrogen) atoms. The molecule has 0 atom stereocenters. The minimum Gasteiger partial charge on any atom is -0.508 e. The van der Waals surface area contributed by atoms with E-state index >= 15 is 0 Å². The quantitative estimate of drug-likeness (QED) is 0.755. The van der Waals surface area contributed by atoms with E-state index in [2.05, 4.69) is 5.32 Å². The molecule has 0 aliphatic rings. The minimum absolute atomic E-state index is 0.178. The summed E-state index contributed by atoms with van der Waals surface area (Å²) in [6, 6.07) is 6.21. The van der Waals surface area contributed by atoms with Gasteiger partial charge in [0.05, 0.1) is 6.61 Å². The number of rotatable bonds is 4. The topological polar surface area (TPSA) is 61.8 Å². The first kappa shape index (κ1) is 12.3. The summed E-state index contributed by atoms with van der Waals surface area (Å²) >= 11 is 0. The Balaban J connectivity index is 2.53. The molecule has 0 radical (unpaired) electrons. The molecule has 2 N–H and O–H groups in total. The van der Waals surface area contributed by atoms with E-state index < -0.39 is 0 Å². The van der Waals surface area contributed by atoms with Crippen molar-refractivity contribution in [3.05, 3.63) is 24.3 Å². The third kappa shape index (κ3) is 3.43. The number of carbonyl (C=O) groups is 1. The van der Waals surface area contributed by atoms with Crippen molar-refractivity contribution in [3.63, 3.8) is 0 Å². The van der Waals surface area contributed by atoms with Crippen LogP contribution in [-0.2, 0) is 4.74 Å². The summed E-state index contributed by atoms with van der Waals surface area (Å²) < 4.78 is 4.83. The third-order valence-corrected chi connectivity index (χ3v) is 2.12. The molecule has 0 saturated heterocycles. The van der Waals surface area contributed by atoms with E-state index in [9.17, 15) is 4.79 Å². The van der Waals surface area contributed by atoms with Crippen LogP contribution in [0.15, 0.2) is 24.3 Å². The molecular weight excluding hydrogens is 208 g/mol. The fourth-order valence-electron chi connectivity index (χ4n) is 1.17. The number of benzene rings is 1. The summed E-state index contributed by atoms with van der Waals surface area (Å²) in [5, 5.41) is 11.8. The van der Waals surface area contributed by atoms with E-state index in [1.165, 1.54) is 17.0 Å². The van der Waals surface area contributed by atoms with Gasteiger partial charge in [-0.25, -0.2) is 4.79 Å².